The summed E-state index contributed by atoms with van der Waals surface area (Å²) in [5.41, 5.74) is 8.19. The fraction of sp³-hybridized carbons (Fsp3) is 0.357. The molecule has 1 aromatic heterocycles. The Morgan fingerprint density at radius 3 is 2.65 bits per heavy atom. The summed E-state index contributed by atoms with van der Waals surface area (Å²) in [6, 6.07) is 2.91. The van der Waals surface area contributed by atoms with E-state index in [0.29, 0.717) is 12.0 Å². The molecule has 0 amide bonds. The van der Waals surface area contributed by atoms with Gasteiger partial charge >= 0.3 is 0 Å². The molecule has 2 aromatic rings. The zero-order valence-electron chi connectivity index (χ0n) is 11.3. The summed E-state index contributed by atoms with van der Waals surface area (Å²) in [5.74, 6) is -1.22. The SMILES string of the molecule is CCc1nn(C)c(CC(N)c2ccc(F)cc2F)c1Br. The van der Waals surface area contributed by atoms with E-state index in [4.69, 9.17) is 5.73 Å². The second kappa shape index (κ2) is 6.01. The number of rotatable bonds is 4. The number of halogens is 3. The molecule has 2 rings (SSSR count). The van der Waals surface area contributed by atoms with E-state index in [0.717, 1.165) is 28.3 Å². The van der Waals surface area contributed by atoms with Gasteiger partial charge in [0.15, 0.2) is 0 Å². The number of nitrogens with two attached hydrogens (primary N) is 1. The maximum atomic E-state index is 13.7. The van der Waals surface area contributed by atoms with E-state index < -0.39 is 17.7 Å². The largest absolute Gasteiger partial charge is 0.324 e. The number of aryl methyl sites for hydroxylation is 2. The number of hydrogen-bond donors (Lipinski definition) is 1. The highest BCUT2D eigenvalue weighted by Gasteiger charge is 2.18. The third kappa shape index (κ3) is 2.91. The summed E-state index contributed by atoms with van der Waals surface area (Å²) < 4.78 is 29.3. The predicted octanol–water partition coefficient (Wildman–Crippen LogP) is 3.27. The number of nitrogens with zero attached hydrogens (tertiary/aromatic N) is 2. The molecule has 1 heterocycles. The Labute approximate surface area is 124 Å². The molecule has 0 aliphatic rings. The highest BCUT2D eigenvalue weighted by molar-refractivity contribution is 9.10. The highest BCUT2D eigenvalue weighted by atomic mass is 79.9. The van der Waals surface area contributed by atoms with Crippen LogP contribution >= 0.6 is 15.9 Å². The molecule has 0 spiro atoms. The minimum Gasteiger partial charge on any atom is -0.324 e. The normalized spacial score (nSPS) is 12.7. The first kappa shape index (κ1) is 15.1. The van der Waals surface area contributed by atoms with Gasteiger partial charge in [-0.1, -0.05) is 13.0 Å². The molecule has 0 bridgehead atoms. The standard InChI is InChI=1S/C14H16BrF2N3/c1-3-12-14(15)13(20(2)19-12)7-11(18)9-5-4-8(16)6-10(9)17/h4-6,11H,3,7,18H2,1-2H3. The zero-order valence-corrected chi connectivity index (χ0v) is 12.9. The van der Waals surface area contributed by atoms with Crippen molar-refractivity contribution in [1.82, 2.24) is 9.78 Å². The molecule has 0 aliphatic heterocycles. The van der Waals surface area contributed by atoms with Gasteiger partial charge in [-0.2, -0.15) is 5.10 Å². The molecule has 1 atom stereocenters. The zero-order chi connectivity index (χ0) is 14.9. The van der Waals surface area contributed by atoms with Crippen LogP contribution in [0.2, 0.25) is 0 Å². The summed E-state index contributed by atoms with van der Waals surface area (Å²) in [6.07, 6.45) is 1.22. The van der Waals surface area contributed by atoms with Gasteiger partial charge in [0.1, 0.15) is 11.6 Å². The van der Waals surface area contributed by atoms with Gasteiger partial charge in [0.2, 0.25) is 0 Å². The lowest BCUT2D eigenvalue weighted by Crippen LogP contribution is -2.17. The summed E-state index contributed by atoms with van der Waals surface area (Å²) in [6.45, 7) is 2.01. The van der Waals surface area contributed by atoms with Gasteiger partial charge < -0.3 is 5.73 Å². The Kier molecular flexibility index (Phi) is 4.55. The van der Waals surface area contributed by atoms with Crippen LogP contribution in [0.5, 0.6) is 0 Å². The molecular formula is C14H16BrF2N3. The van der Waals surface area contributed by atoms with Crippen molar-refractivity contribution >= 4 is 15.9 Å². The summed E-state index contributed by atoms with van der Waals surface area (Å²) in [7, 11) is 1.83. The lowest BCUT2D eigenvalue weighted by molar-refractivity contribution is 0.547. The Morgan fingerprint density at radius 1 is 1.40 bits per heavy atom. The molecule has 6 heteroatoms. The van der Waals surface area contributed by atoms with E-state index in [-0.39, 0.29) is 0 Å². The van der Waals surface area contributed by atoms with E-state index in [2.05, 4.69) is 21.0 Å². The Hall–Kier alpha value is -1.27. The van der Waals surface area contributed by atoms with Gasteiger partial charge in [0.25, 0.3) is 0 Å². The molecule has 20 heavy (non-hydrogen) atoms. The first-order valence-electron chi connectivity index (χ1n) is 6.34. The van der Waals surface area contributed by atoms with Gasteiger partial charge in [0.05, 0.1) is 15.9 Å². The van der Waals surface area contributed by atoms with Crippen LogP contribution in [0.25, 0.3) is 0 Å². The maximum Gasteiger partial charge on any atom is 0.130 e. The molecule has 0 aliphatic carbocycles. The average molecular weight is 344 g/mol. The monoisotopic (exact) mass is 343 g/mol. The van der Waals surface area contributed by atoms with Crippen molar-refractivity contribution in [2.24, 2.45) is 12.8 Å². The van der Waals surface area contributed by atoms with Crippen molar-refractivity contribution < 1.29 is 8.78 Å². The third-order valence-corrected chi connectivity index (χ3v) is 4.19. The van der Waals surface area contributed by atoms with E-state index >= 15 is 0 Å². The molecule has 0 saturated heterocycles. The smallest absolute Gasteiger partial charge is 0.130 e. The predicted molar refractivity (Wildman–Crippen MR) is 77.3 cm³/mol. The molecule has 0 radical (unpaired) electrons. The van der Waals surface area contributed by atoms with Gasteiger partial charge in [-0.05, 0) is 28.4 Å². The van der Waals surface area contributed by atoms with E-state index in [9.17, 15) is 8.78 Å². The molecule has 0 saturated carbocycles. The molecule has 108 valence electrons. The fourth-order valence-corrected chi connectivity index (χ4v) is 2.94. The van der Waals surface area contributed by atoms with Crippen molar-refractivity contribution in [3.63, 3.8) is 0 Å². The highest BCUT2D eigenvalue weighted by Crippen LogP contribution is 2.26. The quantitative estimate of drug-likeness (QED) is 0.925. The van der Waals surface area contributed by atoms with Crippen molar-refractivity contribution in [2.45, 2.75) is 25.8 Å². The Balaban J connectivity index is 2.27. The first-order valence-corrected chi connectivity index (χ1v) is 7.14. The van der Waals surface area contributed by atoms with E-state index in [1.807, 2.05) is 14.0 Å². The minimum atomic E-state index is -0.619. The van der Waals surface area contributed by atoms with Crippen LogP contribution in [-0.2, 0) is 19.9 Å². The maximum absolute atomic E-state index is 13.7. The molecule has 1 unspecified atom stereocenters. The number of benzene rings is 1. The molecular weight excluding hydrogens is 328 g/mol. The van der Waals surface area contributed by atoms with Crippen molar-refractivity contribution in [3.05, 3.63) is 51.3 Å². The van der Waals surface area contributed by atoms with Gasteiger partial charge in [-0.3, -0.25) is 4.68 Å². The van der Waals surface area contributed by atoms with Crippen LogP contribution in [0, 0.1) is 11.6 Å². The van der Waals surface area contributed by atoms with E-state index in [1.54, 1.807) is 4.68 Å². The van der Waals surface area contributed by atoms with Crippen molar-refractivity contribution in [1.29, 1.82) is 0 Å². The average Bonchev–Trinajstić information content (AvgIpc) is 2.66. The van der Waals surface area contributed by atoms with Gasteiger partial charge in [-0.25, -0.2) is 8.78 Å². The van der Waals surface area contributed by atoms with Crippen LogP contribution in [0.1, 0.15) is 29.9 Å². The Morgan fingerprint density at radius 2 is 2.10 bits per heavy atom. The summed E-state index contributed by atoms with van der Waals surface area (Å²) in [4.78, 5) is 0. The summed E-state index contributed by atoms with van der Waals surface area (Å²) in [5, 5.41) is 4.37. The van der Waals surface area contributed by atoms with Crippen LogP contribution in [0.4, 0.5) is 8.78 Å². The van der Waals surface area contributed by atoms with Crippen LogP contribution < -0.4 is 5.73 Å². The van der Waals surface area contributed by atoms with Crippen LogP contribution in [-0.4, -0.2) is 9.78 Å². The Bertz CT molecular complexity index is 625. The minimum absolute atomic E-state index is 0.303. The van der Waals surface area contributed by atoms with Crippen LogP contribution in [0.3, 0.4) is 0 Å². The van der Waals surface area contributed by atoms with Crippen LogP contribution in [0.15, 0.2) is 22.7 Å². The second-order valence-corrected chi connectivity index (χ2v) is 5.45. The molecule has 1 aromatic carbocycles. The topological polar surface area (TPSA) is 43.8 Å². The fourth-order valence-electron chi connectivity index (χ4n) is 2.16. The van der Waals surface area contributed by atoms with Gasteiger partial charge in [-0.15, -0.1) is 0 Å². The van der Waals surface area contributed by atoms with E-state index in [1.165, 1.54) is 12.1 Å². The molecule has 0 fully saturated rings. The lowest BCUT2D eigenvalue weighted by Gasteiger charge is -2.13. The lowest BCUT2D eigenvalue weighted by atomic mass is 10.0. The number of aromatic nitrogens is 2. The van der Waals surface area contributed by atoms with Crippen molar-refractivity contribution in [2.75, 3.05) is 0 Å². The van der Waals surface area contributed by atoms with Crippen molar-refractivity contribution in [3.8, 4) is 0 Å². The number of hydrogen-bond acceptors (Lipinski definition) is 2. The first-order chi connectivity index (χ1) is 9.43. The molecule has 2 N–H and O–H groups in total. The molecule has 3 nitrogen and oxygen atoms in total. The summed E-state index contributed by atoms with van der Waals surface area (Å²) >= 11 is 3.50. The van der Waals surface area contributed by atoms with Gasteiger partial charge in [0, 0.05) is 31.1 Å². The second-order valence-electron chi connectivity index (χ2n) is 4.66. The third-order valence-electron chi connectivity index (χ3n) is 3.28.